The molecule has 2 heterocycles. The van der Waals surface area contributed by atoms with E-state index in [1.165, 1.54) is 0 Å². The van der Waals surface area contributed by atoms with Gasteiger partial charge in [-0.3, -0.25) is 4.79 Å². The highest BCUT2D eigenvalue weighted by Crippen LogP contribution is 2.36. The zero-order valence-corrected chi connectivity index (χ0v) is 16.5. The minimum Gasteiger partial charge on any atom is -0.311 e. The maximum Gasteiger partial charge on any atom is 0.250 e. The fourth-order valence-electron chi connectivity index (χ4n) is 3.80. The Bertz CT molecular complexity index is 1420. The fraction of sp³-hybridized carbons (Fsp3) is 0.0400. The first-order valence-corrected chi connectivity index (χ1v) is 9.74. The maximum atomic E-state index is 12.1. The summed E-state index contributed by atoms with van der Waals surface area (Å²) in [7, 11) is 1.80. The van der Waals surface area contributed by atoms with Crippen LogP contribution in [-0.4, -0.2) is 9.55 Å². The molecule has 0 saturated heterocycles. The predicted molar refractivity (Wildman–Crippen MR) is 120 cm³/mol. The fourth-order valence-corrected chi connectivity index (χ4v) is 3.93. The third-order valence-corrected chi connectivity index (χ3v) is 5.55. The van der Waals surface area contributed by atoms with Gasteiger partial charge in [0, 0.05) is 34.5 Å². The summed E-state index contributed by atoms with van der Waals surface area (Å²) >= 11 is 6.07. The largest absolute Gasteiger partial charge is 0.311 e. The van der Waals surface area contributed by atoms with Gasteiger partial charge in [0.2, 0.25) is 0 Å². The topological polar surface area (TPSA) is 34.9 Å². The van der Waals surface area contributed by atoms with Gasteiger partial charge in [-0.25, -0.2) is 4.98 Å². The van der Waals surface area contributed by atoms with Crippen molar-refractivity contribution in [2.45, 2.75) is 0 Å². The lowest BCUT2D eigenvalue weighted by Gasteiger charge is -2.14. The summed E-state index contributed by atoms with van der Waals surface area (Å²) < 4.78 is 1.68. The highest BCUT2D eigenvalue weighted by Gasteiger charge is 2.13. The molecule has 0 atom stereocenters. The lowest BCUT2D eigenvalue weighted by Crippen LogP contribution is -2.15. The molecule has 2 aromatic heterocycles. The quantitative estimate of drug-likeness (QED) is 0.339. The number of rotatable bonds is 2. The van der Waals surface area contributed by atoms with E-state index in [2.05, 4.69) is 18.2 Å². The van der Waals surface area contributed by atoms with Crippen molar-refractivity contribution in [2.24, 2.45) is 7.05 Å². The van der Waals surface area contributed by atoms with Crippen LogP contribution in [0.2, 0.25) is 5.02 Å². The van der Waals surface area contributed by atoms with Gasteiger partial charge in [-0.15, -0.1) is 0 Å². The molecule has 0 amide bonds. The van der Waals surface area contributed by atoms with E-state index in [1.807, 2.05) is 60.7 Å². The molecule has 5 aromatic rings. The molecule has 5 rings (SSSR count). The number of pyridine rings is 2. The van der Waals surface area contributed by atoms with Crippen LogP contribution in [-0.2, 0) is 7.05 Å². The summed E-state index contributed by atoms with van der Waals surface area (Å²) in [5.74, 6) is 0. The first kappa shape index (κ1) is 17.7. The van der Waals surface area contributed by atoms with Crippen LogP contribution in [0.3, 0.4) is 0 Å². The van der Waals surface area contributed by atoms with Crippen molar-refractivity contribution in [2.75, 3.05) is 0 Å². The van der Waals surface area contributed by atoms with Gasteiger partial charge in [0.15, 0.2) is 0 Å². The van der Waals surface area contributed by atoms with Crippen LogP contribution in [0.15, 0.2) is 89.7 Å². The minimum atomic E-state index is -0.0242. The van der Waals surface area contributed by atoms with Crippen molar-refractivity contribution in [3.8, 4) is 22.4 Å². The Kier molecular flexibility index (Phi) is 4.18. The molecule has 0 unspecified atom stereocenters. The average Bonchev–Trinajstić information content (AvgIpc) is 2.76. The van der Waals surface area contributed by atoms with E-state index in [1.54, 1.807) is 17.7 Å². The number of halogens is 1. The molecule has 3 aromatic carbocycles. The van der Waals surface area contributed by atoms with Gasteiger partial charge in [0.1, 0.15) is 0 Å². The van der Waals surface area contributed by atoms with Crippen LogP contribution in [0, 0.1) is 0 Å². The summed E-state index contributed by atoms with van der Waals surface area (Å²) in [6, 6.07) is 27.6. The smallest absolute Gasteiger partial charge is 0.250 e. The summed E-state index contributed by atoms with van der Waals surface area (Å²) in [6.45, 7) is 0. The highest BCUT2D eigenvalue weighted by molar-refractivity contribution is 6.30. The zero-order valence-electron chi connectivity index (χ0n) is 15.8. The number of hydrogen-bond acceptors (Lipinski definition) is 2. The van der Waals surface area contributed by atoms with Gasteiger partial charge in [-0.05, 0) is 47.5 Å². The van der Waals surface area contributed by atoms with Crippen LogP contribution in [0.4, 0.5) is 0 Å². The first-order chi connectivity index (χ1) is 14.1. The Hall–Kier alpha value is -3.43. The number of hydrogen-bond donors (Lipinski definition) is 0. The molecule has 0 aliphatic rings. The second kappa shape index (κ2) is 6.87. The second-order valence-corrected chi connectivity index (χ2v) is 7.49. The Balaban J connectivity index is 1.91. The van der Waals surface area contributed by atoms with Crippen LogP contribution in [0.25, 0.3) is 44.2 Å². The molecule has 0 spiro atoms. The van der Waals surface area contributed by atoms with Crippen molar-refractivity contribution in [1.29, 1.82) is 0 Å². The maximum absolute atomic E-state index is 12.1. The van der Waals surface area contributed by atoms with Gasteiger partial charge in [-0.1, -0.05) is 54.1 Å². The third kappa shape index (κ3) is 3.00. The molecular formula is C25H17ClN2O. The van der Waals surface area contributed by atoms with E-state index in [4.69, 9.17) is 16.6 Å². The van der Waals surface area contributed by atoms with E-state index >= 15 is 0 Å². The van der Waals surface area contributed by atoms with Crippen LogP contribution < -0.4 is 5.56 Å². The molecule has 0 bridgehead atoms. The normalized spacial score (nSPS) is 11.2. The Morgan fingerprint density at radius 1 is 0.828 bits per heavy atom. The summed E-state index contributed by atoms with van der Waals surface area (Å²) in [6.07, 6.45) is 0. The van der Waals surface area contributed by atoms with Crippen LogP contribution >= 0.6 is 11.6 Å². The van der Waals surface area contributed by atoms with Crippen LogP contribution in [0.1, 0.15) is 0 Å². The summed E-state index contributed by atoms with van der Waals surface area (Å²) in [4.78, 5) is 17.1. The van der Waals surface area contributed by atoms with E-state index in [0.717, 1.165) is 44.2 Å². The number of fused-ring (bicyclic) bond motifs is 3. The molecule has 0 fully saturated rings. The van der Waals surface area contributed by atoms with E-state index in [-0.39, 0.29) is 5.56 Å². The molecule has 0 aliphatic carbocycles. The minimum absolute atomic E-state index is 0.0242. The van der Waals surface area contributed by atoms with Crippen molar-refractivity contribution >= 4 is 33.4 Å². The monoisotopic (exact) mass is 396 g/mol. The third-order valence-electron chi connectivity index (χ3n) is 5.30. The van der Waals surface area contributed by atoms with E-state index < -0.39 is 0 Å². The SMILES string of the molecule is Cn1c(=O)ccc2c3c(-c4ccccc4)cc(-c4ccc(Cl)cc4)nc3ccc21. The number of benzene rings is 3. The van der Waals surface area contributed by atoms with Gasteiger partial charge in [0.25, 0.3) is 5.56 Å². The Morgan fingerprint density at radius 2 is 1.59 bits per heavy atom. The molecule has 29 heavy (non-hydrogen) atoms. The number of aryl methyl sites for hydroxylation is 1. The first-order valence-electron chi connectivity index (χ1n) is 9.37. The molecule has 0 aliphatic heterocycles. The van der Waals surface area contributed by atoms with Gasteiger partial charge >= 0.3 is 0 Å². The molecule has 0 N–H and O–H groups in total. The lowest BCUT2D eigenvalue weighted by molar-refractivity contribution is 0.907. The van der Waals surface area contributed by atoms with Gasteiger partial charge in [-0.2, -0.15) is 0 Å². The second-order valence-electron chi connectivity index (χ2n) is 7.05. The van der Waals surface area contributed by atoms with Crippen molar-refractivity contribution < 1.29 is 0 Å². The van der Waals surface area contributed by atoms with E-state index in [0.29, 0.717) is 5.02 Å². The summed E-state index contributed by atoms with van der Waals surface area (Å²) in [5.41, 5.74) is 5.85. The Morgan fingerprint density at radius 3 is 2.34 bits per heavy atom. The highest BCUT2D eigenvalue weighted by atomic mass is 35.5. The standard InChI is InChI=1S/C25H17ClN2O/c1-28-23-13-12-21-25(19(23)11-14-24(28)29)20(16-5-3-2-4-6-16)15-22(27-21)17-7-9-18(26)10-8-17/h2-15H,1H3. The summed E-state index contributed by atoms with van der Waals surface area (Å²) in [5, 5.41) is 2.75. The zero-order chi connectivity index (χ0) is 20.0. The van der Waals surface area contributed by atoms with Gasteiger partial charge in [0.05, 0.1) is 16.7 Å². The van der Waals surface area contributed by atoms with Crippen molar-refractivity contribution in [1.82, 2.24) is 9.55 Å². The molecule has 0 saturated carbocycles. The van der Waals surface area contributed by atoms with E-state index in [9.17, 15) is 4.79 Å². The number of nitrogens with zero attached hydrogens (tertiary/aromatic N) is 2. The van der Waals surface area contributed by atoms with Crippen LogP contribution in [0.5, 0.6) is 0 Å². The lowest BCUT2D eigenvalue weighted by atomic mass is 9.95. The predicted octanol–water partition coefficient (Wildman–Crippen LogP) is 6.07. The molecule has 0 radical (unpaired) electrons. The van der Waals surface area contributed by atoms with Crippen molar-refractivity contribution in [3.05, 3.63) is 100 Å². The molecule has 140 valence electrons. The molecular weight excluding hydrogens is 380 g/mol. The molecule has 4 heteroatoms. The number of aromatic nitrogens is 2. The van der Waals surface area contributed by atoms with Crippen molar-refractivity contribution in [3.63, 3.8) is 0 Å². The van der Waals surface area contributed by atoms with Gasteiger partial charge < -0.3 is 4.57 Å². The average molecular weight is 397 g/mol. The molecule has 3 nitrogen and oxygen atoms in total. The Labute approximate surface area is 172 Å².